The van der Waals surface area contributed by atoms with Crippen LogP contribution in [0.1, 0.15) is 17.2 Å². The number of rotatable bonds is 3. The highest BCUT2D eigenvalue weighted by molar-refractivity contribution is 6.51. The number of halogens is 1. The minimum absolute atomic E-state index is 0.0178. The lowest BCUT2D eigenvalue weighted by Gasteiger charge is -2.24. The van der Waals surface area contributed by atoms with E-state index in [4.69, 9.17) is 11.6 Å². The summed E-state index contributed by atoms with van der Waals surface area (Å²) < 4.78 is 0. The smallest absolute Gasteiger partial charge is 0.301 e. The zero-order valence-electron chi connectivity index (χ0n) is 14.6. The molecule has 4 rings (SSSR count). The fourth-order valence-electron chi connectivity index (χ4n) is 3.28. The van der Waals surface area contributed by atoms with E-state index in [1.165, 1.54) is 4.90 Å². The minimum atomic E-state index is -0.785. The fraction of sp³-hybridized carbons (Fsp3) is 0.0455. The molecule has 1 fully saturated rings. The van der Waals surface area contributed by atoms with E-state index in [1.807, 2.05) is 30.3 Å². The number of benzene rings is 2. The van der Waals surface area contributed by atoms with Crippen LogP contribution in [0, 0.1) is 0 Å². The number of aromatic nitrogens is 1. The van der Waals surface area contributed by atoms with Crippen LogP contribution in [0.15, 0.2) is 84.6 Å². The monoisotopic (exact) mass is 390 g/mol. The maximum absolute atomic E-state index is 12.9. The first-order valence-corrected chi connectivity index (χ1v) is 8.98. The maximum Gasteiger partial charge on any atom is 0.301 e. The van der Waals surface area contributed by atoms with Gasteiger partial charge in [0.25, 0.3) is 5.78 Å². The van der Waals surface area contributed by atoms with Crippen molar-refractivity contribution in [3.63, 3.8) is 0 Å². The average molecular weight is 391 g/mol. The molecule has 1 aliphatic heterocycles. The van der Waals surface area contributed by atoms with E-state index in [9.17, 15) is 14.7 Å². The molecule has 0 radical (unpaired) electrons. The van der Waals surface area contributed by atoms with Gasteiger partial charge < -0.3 is 5.11 Å². The van der Waals surface area contributed by atoms with Crippen molar-refractivity contribution in [2.24, 2.45) is 0 Å². The molecule has 138 valence electrons. The summed E-state index contributed by atoms with van der Waals surface area (Å²) in [6, 6.07) is 19.9. The van der Waals surface area contributed by atoms with Crippen molar-refractivity contribution in [2.75, 3.05) is 4.90 Å². The third-order valence-electron chi connectivity index (χ3n) is 4.57. The highest BCUT2D eigenvalue weighted by Gasteiger charge is 2.47. The molecule has 28 heavy (non-hydrogen) atoms. The molecule has 0 spiro atoms. The second-order valence-corrected chi connectivity index (χ2v) is 6.71. The molecule has 0 aliphatic carbocycles. The summed E-state index contributed by atoms with van der Waals surface area (Å²) in [4.78, 5) is 31.3. The molecule has 2 heterocycles. The molecule has 1 aromatic heterocycles. The topological polar surface area (TPSA) is 70.5 Å². The average Bonchev–Trinajstić information content (AvgIpc) is 3.00. The molecule has 2 aromatic carbocycles. The molecule has 5 nitrogen and oxygen atoms in total. The highest BCUT2D eigenvalue weighted by atomic mass is 35.5. The zero-order valence-corrected chi connectivity index (χ0v) is 15.4. The van der Waals surface area contributed by atoms with Gasteiger partial charge in [0.1, 0.15) is 11.6 Å². The number of carbonyl (C=O) groups is 2. The van der Waals surface area contributed by atoms with E-state index >= 15 is 0 Å². The molecular weight excluding hydrogens is 376 g/mol. The van der Waals surface area contributed by atoms with Gasteiger partial charge in [-0.2, -0.15) is 0 Å². The van der Waals surface area contributed by atoms with Gasteiger partial charge in [-0.3, -0.25) is 14.5 Å². The zero-order chi connectivity index (χ0) is 19.7. The van der Waals surface area contributed by atoms with Crippen LogP contribution in [0.3, 0.4) is 0 Å². The number of Topliss-reactive ketones (excluding diaryl/α,β-unsaturated/α-hetero) is 1. The molecule has 0 bridgehead atoms. The van der Waals surface area contributed by atoms with Gasteiger partial charge >= 0.3 is 5.91 Å². The Morgan fingerprint density at radius 1 is 0.929 bits per heavy atom. The third kappa shape index (κ3) is 3.06. The van der Waals surface area contributed by atoms with Crippen LogP contribution in [0.5, 0.6) is 0 Å². The van der Waals surface area contributed by atoms with E-state index in [0.29, 0.717) is 22.0 Å². The number of hydrogen-bond donors (Lipinski definition) is 1. The van der Waals surface area contributed by atoms with Crippen LogP contribution >= 0.6 is 11.6 Å². The summed E-state index contributed by atoms with van der Waals surface area (Å²) in [6.45, 7) is 0. The van der Waals surface area contributed by atoms with Crippen molar-refractivity contribution in [3.05, 3.63) is 101 Å². The molecule has 1 amide bonds. The summed E-state index contributed by atoms with van der Waals surface area (Å²) in [5, 5.41) is 11.4. The SMILES string of the molecule is O=C1C(=O)N(c2ccccn2)[C@H](c2ccccc2)C1=C(O)c1ccc(Cl)cc1. The Hall–Kier alpha value is -3.44. The van der Waals surface area contributed by atoms with Gasteiger partial charge in [0, 0.05) is 16.8 Å². The van der Waals surface area contributed by atoms with Gasteiger partial charge in [-0.1, -0.05) is 48.0 Å². The predicted molar refractivity (Wildman–Crippen MR) is 107 cm³/mol. The van der Waals surface area contributed by atoms with Crippen molar-refractivity contribution in [3.8, 4) is 0 Å². The Balaban J connectivity index is 1.94. The van der Waals surface area contributed by atoms with Gasteiger partial charge in [0.15, 0.2) is 0 Å². The Morgan fingerprint density at radius 3 is 2.25 bits per heavy atom. The standard InChI is InChI=1S/C22H15ClN2O3/c23-16-11-9-15(10-12-16)20(26)18-19(14-6-2-1-3-7-14)25(22(28)21(18)27)17-8-4-5-13-24-17/h1-13,19,26H/t19-/m1/s1. The first-order valence-electron chi connectivity index (χ1n) is 8.61. The summed E-state index contributed by atoms with van der Waals surface area (Å²) >= 11 is 5.92. The van der Waals surface area contributed by atoms with E-state index in [1.54, 1.807) is 48.7 Å². The van der Waals surface area contributed by atoms with Crippen LogP contribution in [0.2, 0.25) is 5.02 Å². The summed E-state index contributed by atoms with van der Waals surface area (Å²) in [5.41, 5.74) is 1.12. The summed E-state index contributed by atoms with van der Waals surface area (Å²) in [6.07, 6.45) is 1.55. The number of pyridine rings is 1. The second kappa shape index (κ2) is 7.29. The second-order valence-electron chi connectivity index (χ2n) is 6.27. The number of aliphatic hydroxyl groups excluding tert-OH is 1. The van der Waals surface area contributed by atoms with Gasteiger partial charge in [-0.15, -0.1) is 0 Å². The quantitative estimate of drug-likeness (QED) is 0.410. The lowest BCUT2D eigenvalue weighted by molar-refractivity contribution is -0.132. The van der Waals surface area contributed by atoms with Crippen molar-refractivity contribution in [1.82, 2.24) is 4.98 Å². The first-order chi connectivity index (χ1) is 13.6. The Morgan fingerprint density at radius 2 is 1.61 bits per heavy atom. The Labute approximate surface area is 166 Å². The van der Waals surface area contributed by atoms with Crippen molar-refractivity contribution in [1.29, 1.82) is 0 Å². The Bertz CT molecular complexity index is 1060. The largest absolute Gasteiger partial charge is 0.507 e. The number of hydrogen-bond acceptors (Lipinski definition) is 4. The summed E-state index contributed by atoms with van der Waals surface area (Å²) in [7, 11) is 0. The lowest BCUT2D eigenvalue weighted by Crippen LogP contribution is -2.30. The van der Waals surface area contributed by atoms with Crippen molar-refractivity contribution in [2.45, 2.75) is 6.04 Å². The van der Waals surface area contributed by atoms with E-state index in [0.717, 1.165) is 0 Å². The predicted octanol–water partition coefficient (Wildman–Crippen LogP) is 4.36. The van der Waals surface area contributed by atoms with Gasteiger partial charge in [-0.25, -0.2) is 4.98 Å². The van der Waals surface area contributed by atoms with E-state index in [2.05, 4.69) is 4.98 Å². The number of carbonyl (C=O) groups excluding carboxylic acids is 2. The molecule has 1 aliphatic rings. The number of ketones is 1. The fourth-order valence-corrected chi connectivity index (χ4v) is 3.41. The Kier molecular flexibility index (Phi) is 4.67. The van der Waals surface area contributed by atoms with E-state index < -0.39 is 17.7 Å². The van der Waals surface area contributed by atoms with Gasteiger partial charge in [0.05, 0.1) is 11.6 Å². The molecule has 1 atom stereocenters. The highest BCUT2D eigenvalue weighted by Crippen LogP contribution is 2.41. The van der Waals surface area contributed by atoms with Crippen LogP contribution in [-0.4, -0.2) is 21.8 Å². The number of nitrogens with zero attached hydrogens (tertiary/aromatic N) is 2. The van der Waals surface area contributed by atoms with Crippen LogP contribution < -0.4 is 4.90 Å². The van der Waals surface area contributed by atoms with Crippen LogP contribution in [-0.2, 0) is 9.59 Å². The lowest BCUT2D eigenvalue weighted by atomic mass is 9.95. The molecular formula is C22H15ClN2O3. The van der Waals surface area contributed by atoms with Crippen LogP contribution in [0.4, 0.5) is 5.82 Å². The number of anilines is 1. The molecule has 0 saturated carbocycles. The van der Waals surface area contributed by atoms with Crippen molar-refractivity contribution >= 4 is 34.9 Å². The molecule has 6 heteroatoms. The third-order valence-corrected chi connectivity index (χ3v) is 4.83. The molecule has 1 saturated heterocycles. The van der Waals surface area contributed by atoms with E-state index in [-0.39, 0.29) is 11.3 Å². The molecule has 0 unspecified atom stereocenters. The van der Waals surface area contributed by atoms with Crippen LogP contribution in [0.25, 0.3) is 5.76 Å². The van der Waals surface area contributed by atoms with Gasteiger partial charge in [-0.05, 0) is 42.0 Å². The van der Waals surface area contributed by atoms with Gasteiger partial charge in [0.2, 0.25) is 0 Å². The summed E-state index contributed by atoms with van der Waals surface area (Å²) in [5.74, 6) is -1.40. The minimum Gasteiger partial charge on any atom is -0.507 e. The maximum atomic E-state index is 12.9. The molecule has 1 N–H and O–H groups in total. The molecule has 3 aromatic rings. The number of aliphatic hydroxyl groups is 1. The normalized spacial score (nSPS) is 18.5. The first kappa shape index (κ1) is 17.9. The van der Waals surface area contributed by atoms with Crippen molar-refractivity contribution < 1.29 is 14.7 Å². The number of amides is 1.